The normalized spacial score (nSPS) is 18.0. The van der Waals surface area contributed by atoms with Gasteiger partial charge in [0, 0.05) is 32.2 Å². The number of nitrogens with one attached hydrogen (secondary N) is 1. The average molecular weight is 303 g/mol. The molecule has 4 nitrogen and oxygen atoms in total. The zero-order chi connectivity index (χ0) is 15.3. The van der Waals surface area contributed by atoms with Crippen LogP contribution in [0.5, 0.6) is 5.75 Å². The van der Waals surface area contributed by atoms with E-state index in [4.69, 9.17) is 9.69 Å². The Labute approximate surface area is 128 Å². The lowest BCUT2D eigenvalue weighted by Crippen LogP contribution is -2.45. The number of rotatable bonds is 5. The van der Waals surface area contributed by atoms with Crippen molar-refractivity contribution in [3.8, 4) is 11.8 Å². The van der Waals surface area contributed by atoms with E-state index in [1.807, 2.05) is 12.1 Å². The predicted molar refractivity (Wildman–Crippen MR) is 87.8 cm³/mol. The molecule has 114 valence electrons. The van der Waals surface area contributed by atoms with Crippen molar-refractivity contribution in [3.63, 3.8) is 0 Å². The predicted octanol–water partition coefficient (Wildman–Crippen LogP) is 2.76. The summed E-state index contributed by atoms with van der Waals surface area (Å²) in [5.41, 5.74) is 1.21. The topological polar surface area (TPSA) is 48.3 Å². The molecule has 0 bridgehead atoms. The Hall–Kier alpha value is -1.35. The second-order valence-electron chi connectivity index (χ2n) is 6.45. The summed E-state index contributed by atoms with van der Waals surface area (Å²) in [6.07, 6.45) is 0.536. The SMILES string of the molecule is C[Si](C)(C)Oc1ccc([C@@H](CC#N)N2CCNCC2)cc1. The molecule has 2 rings (SSSR count). The van der Waals surface area contributed by atoms with Gasteiger partial charge in [0.1, 0.15) is 5.75 Å². The van der Waals surface area contributed by atoms with Gasteiger partial charge in [-0.05, 0) is 37.3 Å². The monoisotopic (exact) mass is 303 g/mol. The highest BCUT2D eigenvalue weighted by atomic mass is 28.4. The van der Waals surface area contributed by atoms with Gasteiger partial charge in [-0.15, -0.1) is 0 Å². The molecule has 0 saturated carbocycles. The standard InChI is InChI=1S/C16H25N3OSi/c1-21(2,3)20-15-6-4-14(5-7-15)16(8-9-17)19-12-10-18-11-13-19/h4-7,16,18H,8,10-13H2,1-3H3/t16-/m1/s1. The first kappa shape index (κ1) is 16.0. The van der Waals surface area contributed by atoms with E-state index in [0.717, 1.165) is 31.9 Å². The second-order valence-corrected chi connectivity index (χ2v) is 10.9. The first-order valence-corrected chi connectivity index (χ1v) is 11.0. The van der Waals surface area contributed by atoms with Crippen molar-refractivity contribution in [2.45, 2.75) is 32.1 Å². The Morgan fingerprint density at radius 1 is 1.24 bits per heavy atom. The third-order valence-electron chi connectivity index (χ3n) is 3.57. The van der Waals surface area contributed by atoms with E-state index in [9.17, 15) is 0 Å². The highest BCUT2D eigenvalue weighted by molar-refractivity contribution is 6.70. The molecule has 0 radical (unpaired) electrons. The minimum Gasteiger partial charge on any atom is -0.544 e. The number of benzene rings is 1. The van der Waals surface area contributed by atoms with Crippen molar-refractivity contribution in [2.24, 2.45) is 0 Å². The maximum Gasteiger partial charge on any atom is 0.242 e. The van der Waals surface area contributed by atoms with Gasteiger partial charge in [-0.25, -0.2) is 0 Å². The van der Waals surface area contributed by atoms with Crippen LogP contribution in [0.4, 0.5) is 0 Å². The number of nitrogens with zero attached hydrogens (tertiary/aromatic N) is 2. The van der Waals surface area contributed by atoms with Crippen LogP contribution in [0.1, 0.15) is 18.0 Å². The summed E-state index contributed by atoms with van der Waals surface area (Å²) in [6.45, 7) is 10.5. The first-order chi connectivity index (χ1) is 9.99. The van der Waals surface area contributed by atoms with Gasteiger partial charge in [-0.1, -0.05) is 12.1 Å². The van der Waals surface area contributed by atoms with E-state index < -0.39 is 8.32 Å². The summed E-state index contributed by atoms with van der Waals surface area (Å²) in [5.74, 6) is 0.939. The van der Waals surface area contributed by atoms with Crippen LogP contribution in [0.3, 0.4) is 0 Å². The molecule has 21 heavy (non-hydrogen) atoms. The van der Waals surface area contributed by atoms with E-state index in [1.165, 1.54) is 5.56 Å². The van der Waals surface area contributed by atoms with Crippen LogP contribution in [-0.4, -0.2) is 39.4 Å². The van der Waals surface area contributed by atoms with Crippen molar-refractivity contribution in [1.82, 2.24) is 10.2 Å². The van der Waals surface area contributed by atoms with E-state index in [1.54, 1.807) is 0 Å². The van der Waals surface area contributed by atoms with E-state index in [-0.39, 0.29) is 6.04 Å². The molecule has 1 N–H and O–H groups in total. The summed E-state index contributed by atoms with van der Waals surface area (Å²) in [6, 6.07) is 10.8. The maximum absolute atomic E-state index is 9.12. The number of piperazine rings is 1. The molecule has 1 fully saturated rings. The Bertz CT molecular complexity index is 484. The van der Waals surface area contributed by atoms with Gasteiger partial charge < -0.3 is 9.74 Å². The fourth-order valence-corrected chi connectivity index (χ4v) is 3.49. The van der Waals surface area contributed by atoms with Gasteiger partial charge in [0.15, 0.2) is 0 Å². The second kappa shape index (κ2) is 7.08. The number of hydrogen-bond acceptors (Lipinski definition) is 4. The third kappa shape index (κ3) is 4.85. The van der Waals surface area contributed by atoms with Crippen LogP contribution < -0.4 is 9.74 Å². The van der Waals surface area contributed by atoms with Crippen molar-refractivity contribution >= 4 is 8.32 Å². The van der Waals surface area contributed by atoms with Gasteiger partial charge in [0.2, 0.25) is 8.32 Å². The molecule has 0 aromatic heterocycles. The molecule has 1 atom stereocenters. The molecule has 0 unspecified atom stereocenters. The molecule has 5 heteroatoms. The summed E-state index contributed by atoms with van der Waals surface area (Å²) in [4.78, 5) is 2.40. The smallest absolute Gasteiger partial charge is 0.242 e. The Morgan fingerprint density at radius 3 is 2.38 bits per heavy atom. The molecule has 0 aliphatic carbocycles. The van der Waals surface area contributed by atoms with Crippen LogP contribution in [0.25, 0.3) is 0 Å². The van der Waals surface area contributed by atoms with Gasteiger partial charge in [-0.2, -0.15) is 5.26 Å². The molecular weight excluding hydrogens is 278 g/mol. The van der Waals surface area contributed by atoms with Crippen LogP contribution in [-0.2, 0) is 0 Å². The Balaban J connectivity index is 2.11. The Kier molecular flexibility index (Phi) is 5.40. The highest BCUT2D eigenvalue weighted by Gasteiger charge is 2.22. The molecule has 1 heterocycles. The van der Waals surface area contributed by atoms with Gasteiger partial charge in [-0.3, -0.25) is 4.90 Å². The van der Waals surface area contributed by atoms with Crippen LogP contribution in [0.2, 0.25) is 19.6 Å². The third-order valence-corrected chi connectivity index (χ3v) is 4.41. The summed E-state index contributed by atoms with van der Waals surface area (Å²) < 4.78 is 5.99. The fourth-order valence-electron chi connectivity index (χ4n) is 2.65. The van der Waals surface area contributed by atoms with Crippen molar-refractivity contribution in [3.05, 3.63) is 29.8 Å². The molecule has 0 amide bonds. The van der Waals surface area contributed by atoms with Crippen LogP contribution >= 0.6 is 0 Å². The van der Waals surface area contributed by atoms with Crippen LogP contribution in [0, 0.1) is 11.3 Å². The van der Waals surface area contributed by atoms with Gasteiger partial charge in [0.25, 0.3) is 0 Å². The van der Waals surface area contributed by atoms with Crippen molar-refractivity contribution in [2.75, 3.05) is 26.2 Å². The summed E-state index contributed by atoms with van der Waals surface area (Å²) >= 11 is 0. The lowest BCUT2D eigenvalue weighted by molar-refractivity contribution is 0.175. The van der Waals surface area contributed by atoms with E-state index in [0.29, 0.717) is 6.42 Å². The molecule has 1 aromatic rings. The maximum atomic E-state index is 9.12. The zero-order valence-electron chi connectivity index (χ0n) is 13.2. The largest absolute Gasteiger partial charge is 0.544 e. The molecule has 1 aliphatic rings. The van der Waals surface area contributed by atoms with Gasteiger partial charge >= 0.3 is 0 Å². The molecule has 1 saturated heterocycles. The summed E-state index contributed by atoms with van der Waals surface area (Å²) in [7, 11) is -1.56. The van der Waals surface area contributed by atoms with Crippen LogP contribution in [0.15, 0.2) is 24.3 Å². The zero-order valence-corrected chi connectivity index (χ0v) is 14.2. The molecular formula is C16H25N3OSi. The summed E-state index contributed by atoms with van der Waals surface area (Å²) in [5, 5.41) is 12.5. The first-order valence-electron chi connectivity index (χ1n) is 7.60. The van der Waals surface area contributed by atoms with E-state index in [2.05, 4.69) is 48.1 Å². The lowest BCUT2D eigenvalue weighted by Gasteiger charge is -2.34. The van der Waals surface area contributed by atoms with Crippen molar-refractivity contribution in [1.29, 1.82) is 5.26 Å². The molecule has 1 aromatic carbocycles. The molecule has 1 aliphatic heterocycles. The van der Waals surface area contributed by atoms with Crippen molar-refractivity contribution < 1.29 is 4.43 Å². The highest BCUT2D eigenvalue weighted by Crippen LogP contribution is 2.27. The Morgan fingerprint density at radius 2 is 1.86 bits per heavy atom. The minimum atomic E-state index is -1.56. The lowest BCUT2D eigenvalue weighted by atomic mass is 10.0. The minimum absolute atomic E-state index is 0.193. The fraction of sp³-hybridized carbons (Fsp3) is 0.562. The van der Waals surface area contributed by atoms with Gasteiger partial charge in [0.05, 0.1) is 12.5 Å². The quantitative estimate of drug-likeness (QED) is 0.850. The average Bonchev–Trinajstić information content (AvgIpc) is 2.45. The van der Waals surface area contributed by atoms with E-state index >= 15 is 0 Å². The number of hydrogen-bond donors (Lipinski definition) is 1. The molecule has 0 spiro atoms. The number of nitriles is 1.